The van der Waals surface area contributed by atoms with E-state index in [0.29, 0.717) is 31.5 Å². The van der Waals surface area contributed by atoms with Crippen molar-refractivity contribution in [3.63, 3.8) is 0 Å². The van der Waals surface area contributed by atoms with Gasteiger partial charge in [-0.25, -0.2) is 0 Å². The molecule has 1 aliphatic heterocycles. The first-order chi connectivity index (χ1) is 16.6. The number of thioether (sulfide) groups is 1. The van der Waals surface area contributed by atoms with Crippen LogP contribution in [0.3, 0.4) is 0 Å². The predicted octanol–water partition coefficient (Wildman–Crippen LogP) is 3.97. The topological polar surface area (TPSA) is 87.5 Å². The highest BCUT2D eigenvalue weighted by atomic mass is 32.2. The number of aromatic nitrogens is 3. The average molecular weight is 483 g/mol. The number of methoxy groups -OCH3 is 1. The van der Waals surface area contributed by atoms with Gasteiger partial charge in [-0.05, 0) is 23.6 Å². The normalized spacial score (nSPS) is 13.6. The molecule has 1 aliphatic rings. The molecule has 1 atom stereocenters. The van der Waals surface area contributed by atoms with Gasteiger partial charge in [0.1, 0.15) is 13.2 Å². The van der Waals surface area contributed by atoms with E-state index in [2.05, 4.69) is 29.4 Å². The van der Waals surface area contributed by atoms with Crippen LogP contribution in [0.25, 0.3) is 11.4 Å². The summed E-state index contributed by atoms with van der Waals surface area (Å²) < 4.78 is 18.6. The molecule has 1 aromatic heterocycles. The van der Waals surface area contributed by atoms with Gasteiger partial charge in [-0.15, -0.1) is 10.2 Å². The molecular weight excluding hydrogens is 452 g/mol. The molecule has 0 bridgehead atoms. The fraction of sp³-hybridized carbons (Fsp3) is 0.400. The van der Waals surface area contributed by atoms with E-state index in [4.69, 9.17) is 14.2 Å². The summed E-state index contributed by atoms with van der Waals surface area (Å²) in [4.78, 5) is 12.9. The molecule has 180 valence electrons. The van der Waals surface area contributed by atoms with Gasteiger partial charge in [-0.2, -0.15) is 0 Å². The second kappa shape index (κ2) is 11.4. The van der Waals surface area contributed by atoms with Crippen LogP contribution in [-0.4, -0.2) is 53.4 Å². The number of nitrogens with zero attached hydrogens (tertiary/aromatic N) is 3. The van der Waals surface area contributed by atoms with Gasteiger partial charge in [0.05, 0.1) is 24.9 Å². The minimum absolute atomic E-state index is 0.0684. The van der Waals surface area contributed by atoms with E-state index in [1.807, 2.05) is 53.1 Å². The lowest BCUT2D eigenvalue weighted by Gasteiger charge is -2.25. The van der Waals surface area contributed by atoms with Crippen LogP contribution in [0.2, 0.25) is 0 Å². The maximum atomic E-state index is 12.9. The molecule has 0 spiro atoms. The highest BCUT2D eigenvalue weighted by Gasteiger charge is 2.22. The molecule has 0 saturated carbocycles. The van der Waals surface area contributed by atoms with Crippen molar-refractivity contribution in [1.29, 1.82) is 0 Å². The summed E-state index contributed by atoms with van der Waals surface area (Å²) in [6.45, 7) is 6.38. The molecule has 34 heavy (non-hydrogen) atoms. The molecule has 9 heteroatoms. The molecule has 0 unspecified atom stereocenters. The Morgan fingerprint density at radius 2 is 1.88 bits per heavy atom. The van der Waals surface area contributed by atoms with Crippen LogP contribution < -0.4 is 14.8 Å². The van der Waals surface area contributed by atoms with Crippen molar-refractivity contribution >= 4 is 17.7 Å². The fourth-order valence-electron chi connectivity index (χ4n) is 3.81. The monoisotopic (exact) mass is 482 g/mol. The number of amides is 1. The van der Waals surface area contributed by atoms with Gasteiger partial charge in [0.15, 0.2) is 22.5 Å². The SMILES string of the molecule is COCCn1c(SCC(=O)N[C@H](c2ccc3c(c2)OCCO3)C(C)C)nnc1-c1ccccc1. The van der Waals surface area contributed by atoms with Crippen LogP contribution >= 0.6 is 11.8 Å². The Labute approximate surface area is 204 Å². The van der Waals surface area contributed by atoms with E-state index in [1.165, 1.54) is 11.8 Å². The van der Waals surface area contributed by atoms with Gasteiger partial charge in [-0.3, -0.25) is 9.36 Å². The molecule has 0 radical (unpaired) electrons. The third-order valence-corrected chi connectivity index (χ3v) is 6.48. The Morgan fingerprint density at radius 1 is 1.12 bits per heavy atom. The second-order valence-electron chi connectivity index (χ2n) is 8.30. The summed E-state index contributed by atoms with van der Waals surface area (Å²) in [6.07, 6.45) is 0. The Morgan fingerprint density at radius 3 is 2.62 bits per heavy atom. The number of fused-ring (bicyclic) bond motifs is 1. The molecular formula is C25H30N4O4S. The molecule has 0 saturated heterocycles. The third-order valence-electron chi connectivity index (χ3n) is 5.51. The Kier molecular flexibility index (Phi) is 8.08. The quantitative estimate of drug-likeness (QED) is 0.438. The van der Waals surface area contributed by atoms with Gasteiger partial charge in [0.25, 0.3) is 0 Å². The summed E-state index contributed by atoms with van der Waals surface area (Å²) >= 11 is 1.37. The molecule has 2 aromatic carbocycles. The molecule has 0 fully saturated rings. The van der Waals surface area contributed by atoms with Gasteiger partial charge >= 0.3 is 0 Å². The first-order valence-corrected chi connectivity index (χ1v) is 12.3. The zero-order valence-electron chi connectivity index (χ0n) is 19.7. The number of benzene rings is 2. The van der Waals surface area contributed by atoms with Crippen molar-refractivity contribution in [1.82, 2.24) is 20.1 Å². The lowest BCUT2D eigenvalue weighted by atomic mass is 9.95. The smallest absolute Gasteiger partial charge is 0.230 e. The minimum Gasteiger partial charge on any atom is -0.486 e. The Balaban J connectivity index is 1.45. The van der Waals surface area contributed by atoms with Crippen molar-refractivity contribution in [2.24, 2.45) is 5.92 Å². The highest BCUT2D eigenvalue weighted by molar-refractivity contribution is 7.99. The van der Waals surface area contributed by atoms with Crippen LogP contribution in [0.1, 0.15) is 25.5 Å². The first-order valence-electron chi connectivity index (χ1n) is 11.4. The molecule has 1 N–H and O–H groups in total. The van der Waals surface area contributed by atoms with Crippen LogP contribution in [0.4, 0.5) is 0 Å². The standard InChI is InChI=1S/C25H30N4O4S/c1-17(2)23(19-9-10-20-21(15-19)33-14-13-32-20)26-22(30)16-34-25-28-27-24(29(25)11-12-31-3)18-7-5-4-6-8-18/h4-10,15,17,23H,11-14,16H2,1-3H3,(H,26,30)/t23-/m0/s1. The lowest BCUT2D eigenvalue weighted by molar-refractivity contribution is -0.119. The van der Waals surface area contributed by atoms with E-state index in [9.17, 15) is 4.79 Å². The third kappa shape index (κ3) is 5.71. The number of carbonyl (C=O) groups is 1. The zero-order chi connectivity index (χ0) is 23.9. The van der Waals surface area contributed by atoms with Crippen LogP contribution in [0.15, 0.2) is 53.7 Å². The number of hydrogen-bond donors (Lipinski definition) is 1. The van der Waals surface area contributed by atoms with Crippen LogP contribution in [-0.2, 0) is 16.1 Å². The van der Waals surface area contributed by atoms with E-state index in [-0.39, 0.29) is 23.6 Å². The summed E-state index contributed by atoms with van der Waals surface area (Å²) in [5.74, 6) is 2.58. The maximum Gasteiger partial charge on any atom is 0.230 e. The van der Waals surface area contributed by atoms with Crippen molar-refractivity contribution in [2.45, 2.75) is 31.6 Å². The molecule has 4 rings (SSSR count). The molecule has 0 aliphatic carbocycles. The zero-order valence-corrected chi connectivity index (χ0v) is 20.5. The minimum atomic E-state index is -0.143. The molecule has 8 nitrogen and oxygen atoms in total. The van der Waals surface area contributed by atoms with Gasteiger partial charge in [-0.1, -0.05) is 62.0 Å². The van der Waals surface area contributed by atoms with Gasteiger partial charge in [0.2, 0.25) is 5.91 Å². The van der Waals surface area contributed by atoms with E-state index < -0.39 is 0 Å². The fourth-order valence-corrected chi connectivity index (χ4v) is 4.59. The van der Waals surface area contributed by atoms with Crippen LogP contribution in [0, 0.1) is 5.92 Å². The van der Waals surface area contributed by atoms with Crippen molar-refractivity contribution in [3.05, 3.63) is 54.1 Å². The first kappa shape index (κ1) is 24.1. The van der Waals surface area contributed by atoms with Crippen molar-refractivity contribution in [3.8, 4) is 22.9 Å². The van der Waals surface area contributed by atoms with Gasteiger partial charge < -0.3 is 19.5 Å². The van der Waals surface area contributed by atoms with Crippen molar-refractivity contribution in [2.75, 3.05) is 32.7 Å². The van der Waals surface area contributed by atoms with E-state index >= 15 is 0 Å². The number of nitrogens with one attached hydrogen (secondary N) is 1. The number of ether oxygens (including phenoxy) is 3. The maximum absolute atomic E-state index is 12.9. The summed E-state index contributed by atoms with van der Waals surface area (Å²) in [5.41, 5.74) is 1.97. The van der Waals surface area contributed by atoms with Crippen LogP contribution in [0.5, 0.6) is 11.5 Å². The average Bonchev–Trinajstić information content (AvgIpc) is 3.27. The Bertz CT molecular complexity index is 1100. The van der Waals surface area contributed by atoms with Gasteiger partial charge in [0, 0.05) is 12.7 Å². The number of carbonyl (C=O) groups excluding carboxylic acids is 1. The highest BCUT2D eigenvalue weighted by Crippen LogP contribution is 2.34. The second-order valence-corrected chi connectivity index (χ2v) is 9.24. The summed E-state index contributed by atoms with van der Waals surface area (Å²) in [5, 5.41) is 12.6. The van der Waals surface area contributed by atoms with Crippen molar-refractivity contribution < 1.29 is 19.0 Å². The number of rotatable bonds is 10. The van der Waals surface area contributed by atoms with E-state index in [0.717, 1.165) is 28.5 Å². The number of hydrogen-bond acceptors (Lipinski definition) is 7. The lowest BCUT2D eigenvalue weighted by Crippen LogP contribution is -2.33. The summed E-state index contributed by atoms with van der Waals surface area (Å²) in [6, 6.07) is 15.6. The molecule has 1 amide bonds. The predicted molar refractivity (Wildman–Crippen MR) is 131 cm³/mol. The molecule has 3 aromatic rings. The summed E-state index contributed by atoms with van der Waals surface area (Å²) in [7, 11) is 1.66. The largest absolute Gasteiger partial charge is 0.486 e. The Hall–Kier alpha value is -3.04. The van der Waals surface area contributed by atoms with E-state index in [1.54, 1.807) is 7.11 Å². The molecule has 2 heterocycles.